The highest BCUT2D eigenvalue weighted by Crippen LogP contribution is 2.11. The van der Waals surface area contributed by atoms with E-state index in [9.17, 15) is 9.59 Å². The van der Waals surface area contributed by atoms with Gasteiger partial charge in [-0.15, -0.1) is 0 Å². The van der Waals surface area contributed by atoms with Crippen molar-refractivity contribution in [2.45, 2.75) is 12.5 Å². The number of carbonyl (C=O) groups excluding carboxylic acids is 2. The van der Waals surface area contributed by atoms with Crippen LogP contribution in [0.15, 0.2) is 54.6 Å². The second-order valence-corrected chi connectivity index (χ2v) is 6.52. The van der Waals surface area contributed by atoms with E-state index in [4.69, 9.17) is 11.6 Å². The molecule has 2 aromatic rings. The van der Waals surface area contributed by atoms with Crippen LogP contribution in [-0.4, -0.2) is 49.9 Å². The molecule has 2 rings (SSSR count). The summed E-state index contributed by atoms with van der Waals surface area (Å²) in [6.45, 7) is 1.25. The summed E-state index contributed by atoms with van der Waals surface area (Å²) in [6, 6.07) is 15.6. The van der Waals surface area contributed by atoms with E-state index >= 15 is 0 Å². The largest absolute Gasteiger partial charge is 0.343 e. The zero-order chi connectivity index (χ0) is 18.9. The van der Waals surface area contributed by atoms with Crippen LogP contribution in [0.2, 0.25) is 5.02 Å². The van der Waals surface area contributed by atoms with E-state index in [1.807, 2.05) is 37.4 Å². The molecule has 0 spiro atoms. The standard InChI is InChI=1S/C20H24ClN3O2/c1-22-12-13-24(2)20(26)18(14-15-6-4-3-5-7-15)23-19(25)16-8-10-17(21)11-9-16/h3-11,18,22H,12-14H2,1-2H3,(H,23,25). The number of hydrogen-bond donors (Lipinski definition) is 2. The molecule has 0 saturated heterocycles. The zero-order valence-electron chi connectivity index (χ0n) is 15.0. The molecule has 26 heavy (non-hydrogen) atoms. The van der Waals surface area contributed by atoms with E-state index in [0.29, 0.717) is 30.1 Å². The maximum absolute atomic E-state index is 12.8. The van der Waals surface area contributed by atoms with Crippen molar-refractivity contribution < 1.29 is 9.59 Å². The van der Waals surface area contributed by atoms with Crippen LogP contribution in [0.1, 0.15) is 15.9 Å². The Balaban J connectivity index is 2.14. The van der Waals surface area contributed by atoms with E-state index in [1.165, 1.54) is 0 Å². The van der Waals surface area contributed by atoms with Gasteiger partial charge < -0.3 is 15.5 Å². The van der Waals surface area contributed by atoms with E-state index in [2.05, 4.69) is 10.6 Å². The summed E-state index contributed by atoms with van der Waals surface area (Å²) in [5, 5.41) is 6.45. The summed E-state index contributed by atoms with van der Waals surface area (Å²) in [5.74, 6) is -0.413. The lowest BCUT2D eigenvalue weighted by Crippen LogP contribution is -2.49. The quantitative estimate of drug-likeness (QED) is 0.746. The van der Waals surface area contributed by atoms with Gasteiger partial charge >= 0.3 is 0 Å². The molecular formula is C20H24ClN3O2. The van der Waals surface area contributed by atoms with Crippen molar-refractivity contribution >= 4 is 23.4 Å². The fourth-order valence-corrected chi connectivity index (χ4v) is 2.67. The Labute approximate surface area is 159 Å². The molecule has 0 aliphatic heterocycles. The van der Waals surface area contributed by atoms with Crippen LogP contribution >= 0.6 is 11.6 Å². The van der Waals surface area contributed by atoms with Gasteiger partial charge in [0.05, 0.1) is 0 Å². The molecule has 2 N–H and O–H groups in total. The fourth-order valence-electron chi connectivity index (χ4n) is 2.55. The molecular weight excluding hydrogens is 350 g/mol. The normalized spacial score (nSPS) is 11.7. The van der Waals surface area contributed by atoms with Crippen LogP contribution in [0.25, 0.3) is 0 Å². The molecule has 0 aliphatic carbocycles. The van der Waals surface area contributed by atoms with E-state index in [0.717, 1.165) is 5.56 Å². The van der Waals surface area contributed by atoms with Crippen molar-refractivity contribution in [2.24, 2.45) is 0 Å². The number of nitrogens with zero attached hydrogens (tertiary/aromatic N) is 1. The average Bonchev–Trinajstić information content (AvgIpc) is 2.66. The molecule has 5 nitrogen and oxygen atoms in total. The van der Waals surface area contributed by atoms with Gasteiger partial charge in [0.15, 0.2) is 0 Å². The Morgan fingerprint density at radius 3 is 2.35 bits per heavy atom. The summed E-state index contributed by atoms with van der Waals surface area (Å²) in [6.07, 6.45) is 0.433. The van der Waals surface area contributed by atoms with Crippen molar-refractivity contribution in [2.75, 3.05) is 27.2 Å². The smallest absolute Gasteiger partial charge is 0.251 e. The van der Waals surface area contributed by atoms with Crippen molar-refractivity contribution in [3.05, 3.63) is 70.7 Å². The number of carbonyl (C=O) groups is 2. The molecule has 2 amide bonds. The Morgan fingerprint density at radius 2 is 1.73 bits per heavy atom. The van der Waals surface area contributed by atoms with Crippen LogP contribution in [0.3, 0.4) is 0 Å². The van der Waals surface area contributed by atoms with Gasteiger partial charge in [-0.2, -0.15) is 0 Å². The molecule has 1 unspecified atom stereocenters. The zero-order valence-corrected chi connectivity index (χ0v) is 15.8. The van der Waals surface area contributed by atoms with Crippen LogP contribution in [0.5, 0.6) is 0 Å². The molecule has 0 aliphatic rings. The summed E-state index contributed by atoms with van der Waals surface area (Å²) >= 11 is 5.87. The average molecular weight is 374 g/mol. The highest BCUT2D eigenvalue weighted by Gasteiger charge is 2.24. The third kappa shape index (κ3) is 5.86. The molecule has 1 atom stereocenters. The first-order chi connectivity index (χ1) is 12.5. The van der Waals surface area contributed by atoms with Gasteiger partial charge in [0.2, 0.25) is 5.91 Å². The maximum Gasteiger partial charge on any atom is 0.251 e. The van der Waals surface area contributed by atoms with Gasteiger partial charge in [-0.05, 0) is 36.9 Å². The summed E-state index contributed by atoms with van der Waals surface area (Å²) in [7, 11) is 3.58. The first kappa shape index (κ1) is 19.9. The molecule has 2 aromatic carbocycles. The third-order valence-electron chi connectivity index (χ3n) is 4.07. The molecule has 0 radical (unpaired) electrons. The van der Waals surface area contributed by atoms with Crippen LogP contribution < -0.4 is 10.6 Å². The van der Waals surface area contributed by atoms with Crippen LogP contribution in [0, 0.1) is 0 Å². The number of amides is 2. The van der Waals surface area contributed by atoms with E-state index in [-0.39, 0.29) is 11.8 Å². The SMILES string of the molecule is CNCCN(C)C(=O)C(Cc1ccccc1)NC(=O)c1ccc(Cl)cc1. The predicted molar refractivity (Wildman–Crippen MR) is 104 cm³/mol. The van der Waals surface area contributed by atoms with Crippen molar-refractivity contribution in [3.8, 4) is 0 Å². The van der Waals surface area contributed by atoms with Gasteiger partial charge in [-0.25, -0.2) is 0 Å². The Kier molecular flexibility index (Phi) is 7.63. The van der Waals surface area contributed by atoms with Gasteiger partial charge in [-0.3, -0.25) is 9.59 Å². The topological polar surface area (TPSA) is 61.4 Å². The number of nitrogens with one attached hydrogen (secondary N) is 2. The van der Waals surface area contributed by atoms with E-state index in [1.54, 1.807) is 36.2 Å². The Hall–Kier alpha value is -2.37. The Bertz CT molecular complexity index is 720. The summed E-state index contributed by atoms with van der Waals surface area (Å²) in [4.78, 5) is 27.0. The molecule has 0 saturated carbocycles. The van der Waals surface area contributed by atoms with Gasteiger partial charge in [-0.1, -0.05) is 41.9 Å². The summed E-state index contributed by atoms with van der Waals surface area (Å²) in [5.41, 5.74) is 1.46. The first-order valence-electron chi connectivity index (χ1n) is 8.51. The van der Waals surface area contributed by atoms with Crippen molar-refractivity contribution in [1.29, 1.82) is 0 Å². The number of halogens is 1. The van der Waals surface area contributed by atoms with Crippen molar-refractivity contribution in [1.82, 2.24) is 15.5 Å². The van der Waals surface area contributed by atoms with Gasteiger partial charge in [0, 0.05) is 37.1 Å². The molecule has 0 fully saturated rings. The van der Waals surface area contributed by atoms with Crippen LogP contribution in [0.4, 0.5) is 0 Å². The minimum Gasteiger partial charge on any atom is -0.343 e. The lowest BCUT2D eigenvalue weighted by Gasteiger charge is -2.25. The molecule has 0 bridgehead atoms. The molecule has 138 valence electrons. The first-order valence-corrected chi connectivity index (χ1v) is 8.89. The van der Waals surface area contributed by atoms with Gasteiger partial charge in [0.25, 0.3) is 5.91 Å². The highest BCUT2D eigenvalue weighted by atomic mass is 35.5. The number of benzene rings is 2. The summed E-state index contributed by atoms with van der Waals surface area (Å²) < 4.78 is 0. The molecule has 0 heterocycles. The third-order valence-corrected chi connectivity index (χ3v) is 4.32. The maximum atomic E-state index is 12.8. The molecule has 0 aromatic heterocycles. The fraction of sp³-hybridized carbons (Fsp3) is 0.300. The highest BCUT2D eigenvalue weighted by molar-refractivity contribution is 6.30. The number of likely N-dealkylation sites (N-methyl/N-ethyl adjacent to an activating group) is 2. The Morgan fingerprint density at radius 1 is 1.08 bits per heavy atom. The van der Waals surface area contributed by atoms with Crippen LogP contribution in [-0.2, 0) is 11.2 Å². The molecule has 6 heteroatoms. The number of hydrogen-bond acceptors (Lipinski definition) is 3. The minimum absolute atomic E-state index is 0.119. The second-order valence-electron chi connectivity index (χ2n) is 6.09. The minimum atomic E-state index is -0.637. The lowest BCUT2D eigenvalue weighted by atomic mass is 10.0. The second kappa shape index (κ2) is 9.94. The van der Waals surface area contributed by atoms with E-state index < -0.39 is 6.04 Å². The monoisotopic (exact) mass is 373 g/mol. The number of rotatable bonds is 8. The van der Waals surface area contributed by atoms with Gasteiger partial charge in [0.1, 0.15) is 6.04 Å². The lowest BCUT2D eigenvalue weighted by molar-refractivity contribution is -0.131. The predicted octanol–water partition coefficient (Wildman–Crippen LogP) is 2.36. The van der Waals surface area contributed by atoms with Crippen molar-refractivity contribution in [3.63, 3.8) is 0 Å².